The molecule has 0 unspecified atom stereocenters. The van der Waals surface area contributed by atoms with E-state index in [1.807, 2.05) is 0 Å². The van der Waals surface area contributed by atoms with Crippen LogP contribution in [0.15, 0.2) is 267 Å². The summed E-state index contributed by atoms with van der Waals surface area (Å²) in [6, 6.07) is 99.7. The molecular formula is C90H71BN4O2. The maximum atomic E-state index is 7.69. The predicted octanol–water partition coefficient (Wildman–Crippen LogP) is 22.7. The van der Waals surface area contributed by atoms with Gasteiger partial charge in [0.1, 0.15) is 23.0 Å². The lowest BCUT2D eigenvalue weighted by Gasteiger charge is -2.48. The van der Waals surface area contributed by atoms with Crippen molar-refractivity contribution in [2.24, 2.45) is 0 Å². The Labute approximate surface area is 566 Å². The number of aromatic nitrogens is 2. The summed E-state index contributed by atoms with van der Waals surface area (Å²) in [5.74, 6) is 3.19. The number of rotatable bonds is 2. The number of benzene rings is 13. The molecule has 13 aromatic carbocycles. The fourth-order valence-corrected chi connectivity index (χ4v) is 16.3. The minimum Gasteiger partial charge on any atom is -0.456 e. The van der Waals surface area contributed by atoms with Gasteiger partial charge in [-0.2, -0.15) is 0 Å². The third kappa shape index (κ3) is 8.53. The first-order chi connectivity index (χ1) is 47.0. The first-order valence-corrected chi connectivity index (χ1v) is 34.2. The average Bonchev–Trinajstić information content (AvgIpc) is 1.17. The lowest BCUT2D eigenvalue weighted by atomic mass is 9.32. The Bertz CT molecular complexity index is 5510. The van der Waals surface area contributed by atoms with Crippen LogP contribution in [0, 0.1) is 0 Å². The van der Waals surface area contributed by atoms with E-state index >= 15 is 0 Å². The molecule has 0 N–H and O–H groups in total. The van der Waals surface area contributed by atoms with Crippen LogP contribution < -0.4 is 35.7 Å². The SMILES string of the molecule is CC(C)(C)c1cc2c3c(c1)-c1ccccc1Oc1cc4c5ccccc5n(-c5ccccc5)c4cc1-c1ccccc1N3c1cc(C(C)(C)C)cc3c1B2c1cc(C(C)(C)C)cc2c1N3c1ccccc1-c1cc3c(cc1Oc1ccccc1-2)c1ccccc1n3-c1ccccc1. The van der Waals surface area contributed by atoms with Crippen molar-refractivity contribution in [3.8, 4) is 78.9 Å². The summed E-state index contributed by atoms with van der Waals surface area (Å²) in [4.78, 5) is 5.37. The van der Waals surface area contributed by atoms with Crippen molar-refractivity contribution in [3.63, 3.8) is 0 Å². The summed E-state index contributed by atoms with van der Waals surface area (Å²) in [7, 11) is 0. The molecule has 466 valence electrons. The zero-order valence-electron chi connectivity index (χ0n) is 56.1. The number of nitrogens with zero attached hydrogens (tertiary/aromatic N) is 4. The van der Waals surface area contributed by atoms with Gasteiger partial charge in [0.25, 0.3) is 6.71 Å². The van der Waals surface area contributed by atoms with Crippen LogP contribution in [0.2, 0.25) is 0 Å². The molecule has 0 saturated carbocycles. The van der Waals surface area contributed by atoms with Gasteiger partial charge in [0.15, 0.2) is 0 Å². The molecule has 4 aliphatic rings. The Morgan fingerprint density at radius 3 is 1.05 bits per heavy atom. The molecule has 7 heteroatoms. The fraction of sp³-hybridized carbons (Fsp3) is 0.133. The van der Waals surface area contributed by atoms with Gasteiger partial charge in [0, 0.05) is 100 Å². The number of hydrogen-bond donors (Lipinski definition) is 0. The van der Waals surface area contributed by atoms with Crippen molar-refractivity contribution in [3.05, 3.63) is 284 Å². The highest BCUT2D eigenvalue weighted by atomic mass is 16.5. The Kier molecular flexibility index (Phi) is 12.2. The van der Waals surface area contributed by atoms with Crippen LogP contribution in [0.1, 0.15) is 79.0 Å². The normalized spacial score (nSPS) is 13.5. The van der Waals surface area contributed by atoms with Gasteiger partial charge in [-0.15, -0.1) is 0 Å². The maximum absolute atomic E-state index is 7.69. The van der Waals surface area contributed by atoms with Crippen molar-refractivity contribution < 1.29 is 9.47 Å². The molecule has 0 fully saturated rings. The Hall–Kier alpha value is -11.3. The monoisotopic (exact) mass is 1250 g/mol. The second kappa shape index (κ2) is 20.6. The first-order valence-electron chi connectivity index (χ1n) is 34.2. The number of fused-ring (bicyclic) bond motifs is 22. The summed E-state index contributed by atoms with van der Waals surface area (Å²) in [6.07, 6.45) is 0. The van der Waals surface area contributed by atoms with E-state index in [1.54, 1.807) is 0 Å². The fourth-order valence-electron chi connectivity index (χ4n) is 16.3. The predicted molar refractivity (Wildman–Crippen MR) is 407 cm³/mol. The molecule has 6 nitrogen and oxygen atoms in total. The van der Waals surface area contributed by atoms with Crippen LogP contribution in [-0.4, -0.2) is 15.8 Å². The molecule has 0 amide bonds. The second-order valence-corrected chi connectivity index (χ2v) is 30.0. The lowest BCUT2D eigenvalue weighted by molar-refractivity contribution is 0.486. The van der Waals surface area contributed by atoms with Gasteiger partial charge in [-0.25, -0.2) is 0 Å². The molecule has 0 spiro atoms. The molecular weight excluding hydrogens is 1180 g/mol. The van der Waals surface area contributed by atoms with E-state index in [0.29, 0.717) is 0 Å². The standard InChI is InChI=1S/C90H71BN4O2/c1-88(2,3)54-44-69-63-36-20-26-42-81(63)96-83-52-65-59-32-16-22-38-73(59)92(57-28-12-10-13-29-57)77(65)50-67(83)61-34-18-24-40-75(61)94-79-48-56(90(7,8)9)49-80-85(79)91(71(46-54)86(69)94)72-47-55(89(4,5)6)45-70-64-37-21-27-43-82(64)97-84-53-66-60-33-17-23-39-74(60)93(58-30-14-11-15-31-58)78(66)51-68(84)62-35-19-25-41-76(62)95(80)87(70)72/h10-53H,1-9H3. The zero-order chi connectivity index (χ0) is 65.5. The summed E-state index contributed by atoms with van der Waals surface area (Å²) >= 11 is 0. The molecule has 0 saturated heterocycles. The molecule has 2 aromatic heterocycles. The van der Waals surface area contributed by atoms with Crippen molar-refractivity contribution in [2.75, 3.05) is 9.80 Å². The highest BCUT2D eigenvalue weighted by Crippen LogP contribution is 2.58. The molecule has 6 heterocycles. The van der Waals surface area contributed by atoms with E-state index in [2.05, 4.69) is 348 Å². The lowest BCUT2D eigenvalue weighted by Crippen LogP contribution is -2.62. The Balaban J connectivity index is 0.978. The van der Waals surface area contributed by atoms with Crippen molar-refractivity contribution in [2.45, 2.75) is 78.6 Å². The molecule has 0 atom stereocenters. The summed E-state index contributed by atoms with van der Waals surface area (Å²) in [5.41, 5.74) is 28.5. The maximum Gasteiger partial charge on any atom is 0.252 e. The topological polar surface area (TPSA) is 34.8 Å². The van der Waals surface area contributed by atoms with Gasteiger partial charge in [0.2, 0.25) is 0 Å². The van der Waals surface area contributed by atoms with Crippen LogP contribution in [0.25, 0.3) is 99.5 Å². The van der Waals surface area contributed by atoms with Crippen LogP contribution in [0.4, 0.5) is 34.1 Å². The van der Waals surface area contributed by atoms with Crippen molar-refractivity contribution in [1.82, 2.24) is 9.13 Å². The minimum atomic E-state index is -0.306. The van der Waals surface area contributed by atoms with Crippen LogP contribution >= 0.6 is 0 Å². The third-order valence-electron chi connectivity index (χ3n) is 21.1. The Morgan fingerprint density at radius 2 is 0.629 bits per heavy atom. The van der Waals surface area contributed by atoms with Crippen LogP contribution in [0.3, 0.4) is 0 Å². The number of anilines is 6. The van der Waals surface area contributed by atoms with Gasteiger partial charge in [0.05, 0.1) is 33.4 Å². The number of para-hydroxylation sites is 8. The summed E-state index contributed by atoms with van der Waals surface area (Å²) < 4.78 is 20.2. The minimum absolute atomic E-state index is 0.257. The van der Waals surface area contributed by atoms with Crippen LogP contribution in [0.5, 0.6) is 23.0 Å². The molecule has 0 aliphatic carbocycles. The molecule has 97 heavy (non-hydrogen) atoms. The van der Waals surface area contributed by atoms with Gasteiger partial charge < -0.3 is 28.4 Å². The molecule has 0 bridgehead atoms. The van der Waals surface area contributed by atoms with Gasteiger partial charge in [-0.05, 0) is 159 Å². The van der Waals surface area contributed by atoms with Gasteiger partial charge in [-0.1, -0.05) is 220 Å². The van der Waals surface area contributed by atoms with Crippen molar-refractivity contribution in [1.29, 1.82) is 0 Å². The third-order valence-corrected chi connectivity index (χ3v) is 21.1. The zero-order valence-corrected chi connectivity index (χ0v) is 56.1. The van der Waals surface area contributed by atoms with E-state index in [9.17, 15) is 0 Å². The molecule has 19 rings (SSSR count). The van der Waals surface area contributed by atoms with Crippen LogP contribution in [-0.2, 0) is 16.2 Å². The number of hydrogen-bond acceptors (Lipinski definition) is 4. The van der Waals surface area contributed by atoms with E-state index < -0.39 is 0 Å². The smallest absolute Gasteiger partial charge is 0.252 e. The Morgan fingerprint density at radius 1 is 0.268 bits per heavy atom. The second-order valence-electron chi connectivity index (χ2n) is 30.0. The van der Waals surface area contributed by atoms with Gasteiger partial charge in [-0.3, -0.25) is 0 Å². The quantitative estimate of drug-likeness (QED) is 0.162. The highest BCUT2D eigenvalue weighted by molar-refractivity contribution is 7.00. The van der Waals surface area contributed by atoms with E-state index in [0.717, 1.165) is 146 Å². The van der Waals surface area contributed by atoms with E-state index in [-0.39, 0.29) is 23.0 Å². The number of ether oxygens (including phenoxy) is 2. The summed E-state index contributed by atoms with van der Waals surface area (Å²) in [6.45, 7) is 21.1. The first kappa shape index (κ1) is 57.2. The van der Waals surface area contributed by atoms with Gasteiger partial charge >= 0.3 is 0 Å². The van der Waals surface area contributed by atoms with E-state index in [4.69, 9.17) is 9.47 Å². The summed E-state index contributed by atoms with van der Waals surface area (Å²) in [5, 5.41) is 4.59. The average molecular weight is 1250 g/mol. The molecule has 15 aromatic rings. The molecule has 0 radical (unpaired) electrons. The molecule has 4 aliphatic heterocycles. The van der Waals surface area contributed by atoms with E-state index in [1.165, 1.54) is 43.9 Å². The highest BCUT2D eigenvalue weighted by Gasteiger charge is 2.48. The largest absolute Gasteiger partial charge is 0.456 e. The van der Waals surface area contributed by atoms with Crippen molar-refractivity contribution >= 4 is 101 Å².